The Hall–Kier alpha value is -0.840. The van der Waals surface area contributed by atoms with Gasteiger partial charge in [0.15, 0.2) is 5.11 Å². The van der Waals surface area contributed by atoms with Gasteiger partial charge in [-0.05, 0) is 52.0 Å². The van der Waals surface area contributed by atoms with Gasteiger partial charge in [0.2, 0.25) is 0 Å². The van der Waals surface area contributed by atoms with E-state index in [0.717, 1.165) is 18.5 Å². The third kappa shape index (κ3) is 4.83. The molecule has 1 fully saturated rings. The Balaban J connectivity index is 1.98. The van der Waals surface area contributed by atoms with Crippen LogP contribution in [0.3, 0.4) is 0 Å². The van der Waals surface area contributed by atoms with E-state index in [1.54, 1.807) is 0 Å². The van der Waals surface area contributed by atoms with Crippen LogP contribution in [0.5, 0.6) is 0 Å². The minimum absolute atomic E-state index is 0.222. The molecule has 0 saturated carbocycles. The van der Waals surface area contributed by atoms with Gasteiger partial charge in [-0.1, -0.05) is 23.7 Å². The van der Waals surface area contributed by atoms with Crippen molar-refractivity contribution in [3.63, 3.8) is 0 Å². The van der Waals surface area contributed by atoms with Crippen molar-refractivity contribution in [3.8, 4) is 0 Å². The minimum atomic E-state index is 0.222. The maximum Gasteiger partial charge on any atom is 0.171 e. The SMILES string of the molecule is CC1(C)CC(NC(=S)Nc2ccccc2Cl)CC(C)(C)[NH2+]1. The van der Waals surface area contributed by atoms with Crippen LogP contribution in [-0.2, 0) is 0 Å². The summed E-state index contributed by atoms with van der Waals surface area (Å²) in [7, 11) is 0. The smallest absolute Gasteiger partial charge is 0.171 e. The highest BCUT2D eigenvalue weighted by atomic mass is 35.5. The van der Waals surface area contributed by atoms with Crippen LogP contribution in [0.25, 0.3) is 0 Å². The highest BCUT2D eigenvalue weighted by Gasteiger charge is 2.41. The van der Waals surface area contributed by atoms with Crippen LogP contribution >= 0.6 is 23.8 Å². The fourth-order valence-corrected chi connectivity index (χ4v) is 3.99. The zero-order chi connectivity index (χ0) is 15.7. The summed E-state index contributed by atoms with van der Waals surface area (Å²) in [5.74, 6) is 0. The van der Waals surface area contributed by atoms with E-state index in [1.807, 2.05) is 24.3 Å². The first-order chi connectivity index (χ1) is 9.67. The summed E-state index contributed by atoms with van der Waals surface area (Å²) in [6, 6.07) is 8.01. The lowest BCUT2D eigenvalue weighted by molar-refractivity contribution is -0.787. The van der Waals surface area contributed by atoms with Gasteiger partial charge in [-0.25, -0.2) is 0 Å². The fraction of sp³-hybridized carbons (Fsp3) is 0.562. The molecule has 0 atom stereocenters. The van der Waals surface area contributed by atoms with E-state index in [4.69, 9.17) is 23.8 Å². The third-order valence-electron chi connectivity index (χ3n) is 3.78. The number of nitrogens with two attached hydrogens (primary N) is 1. The number of benzene rings is 1. The Labute approximate surface area is 137 Å². The Bertz CT molecular complexity index is 512. The molecule has 4 N–H and O–H groups in total. The zero-order valence-electron chi connectivity index (χ0n) is 13.2. The minimum Gasteiger partial charge on any atom is -0.359 e. The normalized spacial score (nSPS) is 20.8. The van der Waals surface area contributed by atoms with Crippen molar-refractivity contribution < 1.29 is 5.32 Å². The standard InChI is InChI=1S/C16H24ClN3S/c1-15(2)9-11(10-16(3,4)20-15)18-14(21)19-13-8-6-5-7-12(13)17/h5-8,11,20H,9-10H2,1-4H3,(H2,18,19,21)/p+1. The van der Waals surface area contributed by atoms with E-state index in [0.29, 0.717) is 16.2 Å². The van der Waals surface area contributed by atoms with Gasteiger partial charge >= 0.3 is 0 Å². The average Bonchev–Trinajstić information content (AvgIpc) is 2.27. The van der Waals surface area contributed by atoms with Crippen molar-refractivity contribution >= 4 is 34.6 Å². The quantitative estimate of drug-likeness (QED) is 0.732. The molecular formula is C16H25ClN3S+. The van der Waals surface area contributed by atoms with Crippen molar-refractivity contribution in [3.05, 3.63) is 29.3 Å². The summed E-state index contributed by atoms with van der Waals surface area (Å²) in [4.78, 5) is 0. The van der Waals surface area contributed by atoms with Crippen LogP contribution in [0, 0.1) is 0 Å². The number of quaternary nitrogens is 1. The molecule has 21 heavy (non-hydrogen) atoms. The monoisotopic (exact) mass is 326 g/mol. The van der Waals surface area contributed by atoms with E-state index in [1.165, 1.54) is 0 Å². The molecule has 2 rings (SSSR count). The number of nitrogens with one attached hydrogen (secondary N) is 2. The molecule has 0 bridgehead atoms. The van der Waals surface area contributed by atoms with Gasteiger partial charge in [0.25, 0.3) is 0 Å². The van der Waals surface area contributed by atoms with Crippen molar-refractivity contribution in [1.29, 1.82) is 0 Å². The first-order valence-corrected chi connectivity index (χ1v) is 8.15. The molecule has 0 aliphatic carbocycles. The second-order valence-corrected chi connectivity index (χ2v) is 8.12. The maximum absolute atomic E-state index is 6.15. The van der Waals surface area contributed by atoms with Gasteiger partial charge in [-0.15, -0.1) is 0 Å². The van der Waals surface area contributed by atoms with Crippen LogP contribution in [0.4, 0.5) is 5.69 Å². The average molecular weight is 327 g/mol. The van der Waals surface area contributed by atoms with Crippen molar-refractivity contribution in [2.45, 2.75) is 57.7 Å². The Kier molecular flexibility index (Phi) is 4.81. The molecule has 1 aliphatic rings. The summed E-state index contributed by atoms with van der Waals surface area (Å²) in [5, 5.41) is 10.4. The van der Waals surface area contributed by atoms with Crippen LogP contribution < -0.4 is 16.0 Å². The summed E-state index contributed by atoms with van der Waals surface area (Å²) >= 11 is 11.6. The van der Waals surface area contributed by atoms with Gasteiger partial charge in [-0.2, -0.15) is 0 Å². The number of anilines is 1. The molecule has 3 nitrogen and oxygen atoms in total. The second-order valence-electron chi connectivity index (χ2n) is 7.30. The van der Waals surface area contributed by atoms with Gasteiger partial charge < -0.3 is 16.0 Å². The highest BCUT2D eigenvalue weighted by Crippen LogP contribution is 2.23. The maximum atomic E-state index is 6.15. The predicted octanol–water partition coefficient (Wildman–Crippen LogP) is 2.91. The summed E-state index contributed by atoms with van der Waals surface area (Å²) < 4.78 is 0. The number of rotatable bonds is 2. The molecule has 5 heteroatoms. The second kappa shape index (κ2) is 6.11. The van der Waals surface area contributed by atoms with Crippen LogP contribution in [0.1, 0.15) is 40.5 Å². The van der Waals surface area contributed by atoms with Crippen LogP contribution in [-0.4, -0.2) is 22.2 Å². The highest BCUT2D eigenvalue weighted by molar-refractivity contribution is 7.80. The molecule has 0 amide bonds. The lowest BCUT2D eigenvalue weighted by atomic mass is 9.80. The summed E-state index contributed by atoms with van der Waals surface area (Å²) in [6.07, 6.45) is 2.17. The van der Waals surface area contributed by atoms with Crippen molar-refractivity contribution in [1.82, 2.24) is 5.32 Å². The molecule has 0 spiro atoms. The van der Waals surface area contributed by atoms with E-state index in [2.05, 4.69) is 43.6 Å². The van der Waals surface area contributed by atoms with Crippen molar-refractivity contribution in [2.75, 3.05) is 5.32 Å². The fourth-order valence-electron chi connectivity index (χ4n) is 3.53. The van der Waals surface area contributed by atoms with E-state index < -0.39 is 0 Å². The van der Waals surface area contributed by atoms with Crippen LogP contribution in [0.2, 0.25) is 5.02 Å². The number of para-hydroxylation sites is 1. The Morgan fingerprint density at radius 1 is 1.19 bits per heavy atom. The first-order valence-electron chi connectivity index (χ1n) is 7.36. The molecule has 1 aliphatic heterocycles. The first kappa shape index (κ1) is 16.5. The molecule has 1 saturated heterocycles. The van der Waals surface area contributed by atoms with Gasteiger partial charge in [0.05, 0.1) is 21.8 Å². The number of hydrogen-bond donors (Lipinski definition) is 3. The van der Waals surface area contributed by atoms with Crippen LogP contribution in [0.15, 0.2) is 24.3 Å². The zero-order valence-corrected chi connectivity index (χ0v) is 14.7. The number of piperidine rings is 1. The van der Waals surface area contributed by atoms with E-state index in [9.17, 15) is 0 Å². The summed E-state index contributed by atoms with van der Waals surface area (Å²) in [6.45, 7) is 9.14. The molecule has 0 radical (unpaired) electrons. The van der Waals surface area contributed by atoms with E-state index >= 15 is 0 Å². The van der Waals surface area contributed by atoms with E-state index in [-0.39, 0.29) is 11.1 Å². The lowest BCUT2D eigenvalue weighted by Gasteiger charge is -2.43. The van der Waals surface area contributed by atoms with Gasteiger partial charge in [0, 0.05) is 18.9 Å². The number of hydrogen-bond acceptors (Lipinski definition) is 1. The Morgan fingerprint density at radius 3 is 2.33 bits per heavy atom. The molecule has 1 aromatic rings. The third-order valence-corrected chi connectivity index (χ3v) is 4.33. The number of halogens is 1. The van der Waals surface area contributed by atoms with Gasteiger partial charge in [0.1, 0.15) is 0 Å². The molecule has 0 unspecified atom stereocenters. The molecule has 116 valence electrons. The lowest BCUT2D eigenvalue weighted by Crippen LogP contribution is -3.06. The van der Waals surface area contributed by atoms with Gasteiger partial charge in [-0.3, -0.25) is 0 Å². The molecule has 0 aromatic heterocycles. The molecule has 1 aromatic carbocycles. The topological polar surface area (TPSA) is 40.7 Å². The summed E-state index contributed by atoms with van der Waals surface area (Å²) in [5.41, 5.74) is 1.29. The largest absolute Gasteiger partial charge is 0.359 e. The predicted molar refractivity (Wildman–Crippen MR) is 93.9 cm³/mol. The number of thiocarbonyl (C=S) groups is 1. The van der Waals surface area contributed by atoms with Crippen molar-refractivity contribution in [2.24, 2.45) is 0 Å². The Morgan fingerprint density at radius 2 is 1.76 bits per heavy atom. The molecule has 1 heterocycles. The molecular weight excluding hydrogens is 302 g/mol.